The van der Waals surface area contributed by atoms with Crippen LogP contribution in [-0.4, -0.2) is 18.3 Å². The molecule has 0 aliphatic heterocycles. The van der Waals surface area contributed by atoms with Crippen molar-refractivity contribution >= 4 is 87.2 Å². The van der Waals surface area contributed by atoms with Crippen LogP contribution in [0.2, 0.25) is 0 Å². The van der Waals surface area contributed by atoms with Gasteiger partial charge < -0.3 is 18.3 Å². The van der Waals surface area contributed by atoms with Crippen molar-refractivity contribution in [2.24, 2.45) is 0 Å². The van der Waals surface area contributed by atoms with Crippen molar-refractivity contribution in [3.8, 4) is 33.9 Å². The number of para-hydroxylation sites is 7. The number of aromatic nitrogens is 4. The Kier molecular flexibility index (Phi) is 7.36. The van der Waals surface area contributed by atoms with Crippen molar-refractivity contribution in [3.63, 3.8) is 0 Å². The standard InChI is InChI=1S/C60H38N4/c1-3-19-40(20-4-1)61-53-32-15-10-27-48(53)57-55(61)36-34-46-44-25-8-13-30-51(44)63(59(46)57)42-23-17-18-39(38-42)43-24-7-12-29-50(43)64-52-31-14-9-26-45(52)47-35-37-56-58(60(47)64)49-28-11-16-33-54(49)62(56)41-21-5-2-6-22-41/h1-38H. The number of rotatable bonds is 5. The van der Waals surface area contributed by atoms with Gasteiger partial charge in [-0.2, -0.15) is 0 Å². The van der Waals surface area contributed by atoms with E-state index in [9.17, 15) is 0 Å². The van der Waals surface area contributed by atoms with E-state index in [0.29, 0.717) is 0 Å². The summed E-state index contributed by atoms with van der Waals surface area (Å²) in [7, 11) is 0. The van der Waals surface area contributed by atoms with Crippen LogP contribution in [0.15, 0.2) is 231 Å². The summed E-state index contributed by atoms with van der Waals surface area (Å²) in [4.78, 5) is 0. The lowest BCUT2D eigenvalue weighted by Crippen LogP contribution is -1.99. The molecule has 4 nitrogen and oxygen atoms in total. The molecule has 0 unspecified atom stereocenters. The Balaban J connectivity index is 1.05. The summed E-state index contributed by atoms with van der Waals surface area (Å²) in [5.74, 6) is 0. The first-order chi connectivity index (χ1) is 31.8. The summed E-state index contributed by atoms with van der Waals surface area (Å²) < 4.78 is 9.86. The highest BCUT2D eigenvalue weighted by Gasteiger charge is 2.24. The zero-order valence-corrected chi connectivity index (χ0v) is 34.7. The maximum absolute atomic E-state index is 2.53. The van der Waals surface area contributed by atoms with Gasteiger partial charge in [0.1, 0.15) is 0 Å². The van der Waals surface area contributed by atoms with E-state index in [1.807, 2.05) is 0 Å². The zero-order valence-electron chi connectivity index (χ0n) is 34.7. The Morgan fingerprint density at radius 2 is 0.656 bits per heavy atom. The summed E-state index contributed by atoms with van der Waals surface area (Å²) in [6, 6.07) is 84.4. The van der Waals surface area contributed by atoms with Crippen LogP contribution in [0, 0.1) is 0 Å². The van der Waals surface area contributed by atoms with Crippen LogP contribution in [-0.2, 0) is 0 Å². The molecule has 14 aromatic rings. The first-order valence-corrected chi connectivity index (χ1v) is 22.0. The van der Waals surface area contributed by atoms with Crippen molar-refractivity contribution in [2.45, 2.75) is 0 Å². The second-order valence-corrected chi connectivity index (χ2v) is 16.9. The fraction of sp³-hybridized carbons (Fsp3) is 0. The molecule has 0 aliphatic rings. The normalized spacial score (nSPS) is 12.1. The molecule has 10 aromatic carbocycles. The van der Waals surface area contributed by atoms with Gasteiger partial charge in [-0.3, -0.25) is 0 Å². The lowest BCUT2D eigenvalue weighted by Gasteiger charge is -2.16. The molecule has 4 heteroatoms. The Morgan fingerprint density at radius 1 is 0.234 bits per heavy atom. The van der Waals surface area contributed by atoms with Gasteiger partial charge in [0.25, 0.3) is 0 Å². The molecule has 4 aromatic heterocycles. The maximum atomic E-state index is 2.53. The van der Waals surface area contributed by atoms with Gasteiger partial charge in [-0.1, -0.05) is 152 Å². The molecule has 0 amide bonds. The molecular weight excluding hydrogens is 777 g/mol. The number of hydrogen-bond acceptors (Lipinski definition) is 0. The van der Waals surface area contributed by atoms with Crippen molar-refractivity contribution in [2.75, 3.05) is 0 Å². The molecule has 0 spiro atoms. The molecule has 0 N–H and O–H groups in total. The van der Waals surface area contributed by atoms with E-state index in [-0.39, 0.29) is 0 Å². The highest BCUT2D eigenvalue weighted by molar-refractivity contribution is 6.27. The van der Waals surface area contributed by atoms with Crippen LogP contribution < -0.4 is 0 Å². The predicted molar refractivity (Wildman–Crippen MR) is 269 cm³/mol. The highest BCUT2D eigenvalue weighted by Crippen LogP contribution is 2.45. The van der Waals surface area contributed by atoms with Crippen LogP contribution in [0.1, 0.15) is 0 Å². The van der Waals surface area contributed by atoms with Gasteiger partial charge in [-0.15, -0.1) is 0 Å². The van der Waals surface area contributed by atoms with Gasteiger partial charge >= 0.3 is 0 Å². The number of hydrogen-bond donors (Lipinski definition) is 0. The summed E-state index contributed by atoms with van der Waals surface area (Å²) in [6.45, 7) is 0. The van der Waals surface area contributed by atoms with Crippen molar-refractivity contribution in [1.29, 1.82) is 0 Å². The van der Waals surface area contributed by atoms with Gasteiger partial charge in [0.15, 0.2) is 0 Å². The fourth-order valence-electron chi connectivity index (χ4n) is 11.0. The molecular formula is C60H38N4. The molecule has 0 radical (unpaired) electrons. The van der Waals surface area contributed by atoms with Gasteiger partial charge in [0, 0.05) is 65.7 Å². The quantitative estimate of drug-likeness (QED) is 0.165. The predicted octanol–water partition coefficient (Wildman–Crippen LogP) is 15.7. The minimum absolute atomic E-state index is 1.12. The Bertz CT molecular complexity index is 4180. The monoisotopic (exact) mass is 814 g/mol. The topological polar surface area (TPSA) is 19.7 Å². The first kappa shape index (κ1) is 35.0. The maximum Gasteiger partial charge on any atom is 0.0641 e. The third-order valence-electron chi connectivity index (χ3n) is 13.5. The summed E-state index contributed by atoms with van der Waals surface area (Å²) >= 11 is 0. The average molecular weight is 815 g/mol. The molecule has 14 rings (SSSR count). The van der Waals surface area contributed by atoms with E-state index >= 15 is 0 Å². The van der Waals surface area contributed by atoms with Crippen LogP contribution in [0.25, 0.3) is 121 Å². The molecule has 64 heavy (non-hydrogen) atoms. The first-order valence-electron chi connectivity index (χ1n) is 22.0. The molecule has 0 bridgehead atoms. The molecule has 0 saturated carbocycles. The molecule has 0 saturated heterocycles. The van der Waals surface area contributed by atoms with Crippen molar-refractivity contribution in [3.05, 3.63) is 231 Å². The average Bonchev–Trinajstić information content (AvgIpc) is 4.09. The minimum atomic E-state index is 1.12. The van der Waals surface area contributed by atoms with E-state index in [4.69, 9.17) is 0 Å². The highest BCUT2D eigenvalue weighted by atomic mass is 15.0. The minimum Gasteiger partial charge on any atom is -0.309 e. The molecule has 0 fully saturated rings. The van der Waals surface area contributed by atoms with E-state index < -0.39 is 0 Å². The Labute approximate surface area is 368 Å². The largest absolute Gasteiger partial charge is 0.309 e. The van der Waals surface area contributed by atoms with E-state index in [1.165, 1.54) is 92.8 Å². The van der Waals surface area contributed by atoms with Crippen LogP contribution in [0.5, 0.6) is 0 Å². The number of benzene rings is 10. The van der Waals surface area contributed by atoms with Crippen LogP contribution in [0.4, 0.5) is 0 Å². The lowest BCUT2D eigenvalue weighted by atomic mass is 10.0. The smallest absolute Gasteiger partial charge is 0.0641 e. The van der Waals surface area contributed by atoms with E-state index in [1.54, 1.807) is 0 Å². The van der Waals surface area contributed by atoms with E-state index in [0.717, 1.165) is 28.3 Å². The Hall–Kier alpha value is -8.60. The summed E-state index contributed by atoms with van der Waals surface area (Å²) in [5, 5.41) is 9.95. The molecule has 4 heterocycles. The van der Waals surface area contributed by atoms with Gasteiger partial charge in [-0.05, 0) is 84.4 Å². The van der Waals surface area contributed by atoms with E-state index in [2.05, 4.69) is 249 Å². The third kappa shape index (κ3) is 4.82. The summed E-state index contributed by atoms with van der Waals surface area (Å²) in [6.07, 6.45) is 0. The fourth-order valence-corrected chi connectivity index (χ4v) is 11.0. The van der Waals surface area contributed by atoms with Gasteiger partial charge in [0.05, 0.1) is 49.8 Å². The lowest BCUT2D eigenvalue weighted by molar-refractivity contribution is 1.17. The molecule has 0 atom stereocenters. The summed E-state index contributed by atoms with van der Waals surface area (Å²) in [5.41, 5.74) is 16.5. The number of fused-ring (bicyclic) bond motifs is 14. The van der Waals surface area contributed by atoms with Crippen LogP contribution in [0.3, 0.4) is 0 Å². The second kappa shape index (κ2) is 13.4. The molecule has 0 aliphatic carbocycles. The molecule has 298 valence electrons. The van der Waals surface area contributed by atoms with Gasteiger partial charge in [0.2, 0.25) is 0 Å². The zero-order chi connectivity index (χ0) is 41.9. The van der Waals surface area contributed by atoms with Crippen molar-refractivity contribution < 1.29 is 0 Å². The number of nitrogens with zero attached hydrogens (tertiary/aromatic N) is 4. The third-order valence-corrected chi connectivity index (χ3v) is 13.5. The SMILES string of the molecule is c1ccc(-n2c3ccccc3c3c2ccc2c4ccccc4n(-c4cccc(-c5ccccc5-n5c6ccccc6c6ccc7c(c8ccccc8n7-c7ccccc7)c65)c4)c23)cc1. The van der Waals surface area contributed by atoms with Crippen molar-refractivity contribution in [1.82, 2.24) is 18.3 Å². The van der Waals surface area contributed by atoms with Gasteiger partial charge in [-0.25, -0.2) is 0 Å². The second-order valence-electron chi connectivity index (χ2n) is 16.9. The Morgan fingerprint density at radius 3 is 1.22 bits per heavy atom. The van der Waals surface area contributed by atoms with Crippen LogP contribution >= 0.6 is 0 Å².